The molecular weight excluding hydrogens is 416 g/mol. The average Bonchev–Trinajstić information content (AvgIpc) is 3.24. The molecule has 0 radical (unpaired) electrons. The van der Waals surface area contributed by atoms with E-state index in [2.05, 4.69) is 34.8 Å². The van der Waals surface area contributed by atoms with Crippen LogP contribution >= 0.6 is 0 Å². The summed E-state index contributed by atoms with van der Waals surface area (Å²) >= 11 is 0. The Morgan fingerprint density at radius 1 is 1.09 bits per heavy atom. The van der Waals surface area contributed by atoms with Crippen LogP contribution in [0, 0.1) is 0 Å². The molecule has 2 aromatic heterocycles. The van der Waals surface area contributed by atoms with Gasteiger partial charge in [0.2, 0.25) is 5.91 Å². The van der Waals surface area contributed by atoms with Crippen molar-refractivity contribution in [1.29, 1.82) is 0 Å². The number of imidazole rings is 1. The lowest BCUT2D eigenvalue weighted by atomic mass is 9.96. The van der Waals surface area contributed by atoms with Crippen LogP contribution in [0.3, 0.4) is 0 Å². The predicted octanol–water partition coefficient (Wildman–Crippen LogP) is 3.52. The van der Waals surface area contributed by atoms with Crippen molar-refractivity contribution < 1.29 is 4.79 Å². The summed E-state index contributed by atoms with van der Waals surface area (Å²) in [4.78, 5) is 32.6. The van der Waals surface area contributed by atoms with E-state index in [1.54, 1.807) is 18.2 Å². The second kappa shape index (κ2) is 8.77. The summed E-state index contributed by atoms with van der Waals surface area (Å²) in [5, 5.41) is 8.64. The summed E-state index contributed by atoms with van der Waals surface area (Å²) in [5.41, 5.74) is 2.49. The quantitative estimate of drug-likeness (QED) is 0.470. The fourth-order valence-electron chi connectivity index (χ4n) is 4.84. The second-order valence-corrected chi connectivity index (χ2v) is 8.99. The number of carbonyl (C=O) groups excluding carboxylic acids is 1. The van der Waals surface area contributed by atoms with E-state index in [0.717, 1.165) is 36.2 Å². The Labute approximate surface area is 191 Å². The number of carbonyl (C=O) groups is 1. The Kier molecular flexibility index (Phi) is 5.66. The summed E-state index contributed by atoms with van der Waals surface area (Å²) < 4.78 is 3.60. The van der Waals surface area contributed by atoms with E-state index in [-0.39, 0.29) is 36.4 Å². The highest BCUT2D eigenvalue weighted by Crippen LogP contribution is 2.31. The minimum Gasteiger partial charge on any atom is -0.342 e. The molecule has 2 aromatic carbocycles. The van der Waals surface area contributed by atoms with Crippen molar-refractivity contribution in [2.24, 2.45) is 0 Å². The molecule has 1 saturated heterocycles. The maximum absolute atomic E-state index is 13.0. The monoisotopic (exact) mass is 444 g/mol. The first-order valence-corrected chi connectivity index (χ1v) is 11.6. The highest BCUT2D eigenvalue weighted by atomic mass is 16.2. The molecule has 1 atom stereocenters. The van der Waals surface area contributed by atoms with E-state index < -0.39 is 0 Å². The minimum absolute atomic E-state index is 0.0359. The zero-order chi connectivity index (χ0) is 22.9. The number of piperidine rings is 1. The van der Waals surface area contributed by atoms with Crippen molar-refractivity contribution in [3.63, 3.8) is 0 Å². The first kappa shape index (κ1) is 21.3. The molecule has 1 amide bonds. The lowest BCUT2D eigenvalue weighted by Crippen LogP contribution is -2.40. The topological polar surface area (TPSA) is 85.9 Å². The van der Waals surface area contributed by atoms with Crippen LogP contribution in [0.5, 0.6) is 0 Å². The summed E-state index contributed by atoms with van der Waals surface area (Å²) in [7, 11) is 0. The number of nitrogens with zero attached hydrogens (tertiary/aromatic N) is 6. The highest BCUT2D eigenvalue weighted by molar-refractivity contribution is 5.78. The number of hydrogen-bond donors (Lipinski definition) is 0. The van der Waals surface area contributed by atoms with E-state index in [9.17, 15) is 9.59 Å². The van der Waals surface area contributed by atoms with Crippen molar-refractivity contribution in [3.05, 3.63) is 64.7 Å². The molecule has 8 heteroatoms. The normalized spacial score (nSPS) is 16.7. The molecule has 3 heterocycles. The van der Waals surface area contributed by atoms with Gasteiger partial charge in [0.25, 0.3) is 5.56 Å². The zero-order valence-electron chi connectivity index (χ0n) is 19.0. The van der Waals surface area contributed by atoms with Crippen LogP contribution in [0.4, 0.5) is 0 Å². The molecule has 8 nitrogen and oxygen atoms in total. The third kappa shape index (κ3) is 4.01. The van der Waals surface area contributed by atoms with Crippen LogP contribution in [0.25, 0.3) is 21.9 Å². The maximum atomic E-state index is 13.0. The van der Waals surface area contributed by atoms with Crippen LogP contribution in [-0.4, -0.2) is 48.4 Å². The van der Waals surface area contributed by atoms with Gasteiger partial charge in [-0.2, -0.15) is 0 Å². The van der Waals surface area contributed by atoms with Crippen LogP contribution in [0.15, 0.2) is 53.3 Å². The van der Waals surface area contributed by atoms with Crippen LogP contribution < -0.4 is 5.56 Å². The van der Waals surface area contributed by atoms with Gasteiger partial charge in [0.1, 0.15) is 11.3 Å². The third-order valence-corrected chi connectivity index (χ3v) is 6.45. The van der Waals surface area contributed by atoms with E-state index >= 15 is 0 Å². The second-order valence-electron chi connectivity index (χ2n) is 8.99. The van der Waals surface area contributed by atoms with Gasteiger partial charge < -0.3 is 9.47 Å². The van der Waals surface area contributed by atoms with E-state index in [1.807, 2.05) is 29.2 Å². The Morgan fingerprint density at radius 3 is 2.67 bits per heavy atom. The van der Waals surface area contributed by atoms with Gasteiger partial charge in [0.05, 0.1) is 23.0 Å². The van der Waals surface area contributed by atoms with Crippen molar-refractivity contribution in [1.82, 2.24) is 29.4 Å². The SMILES string of the molecule is CC(C)n1c(C2CCCN(C(=O)CCn3nnc4ccccc4c3=O)C2)nc2ccccc21. The van der Waals surface area contributed by atoms with Gasteiger partial charge >= 0.3 is 0 Å². The van der Waals surface area contributed by atoms with Crippen LogP contribution in [0.1, 0.15) is 50.9 Å². The summed E-state index contributed by atoms with van der Waals surface area (Å²) in [6, 6.07) is 15.6. The van der Waals surface area contributed by atoms with E-state index in [0.29, 0.717) is 17.4 Å². The first-order valence-electron chi connectivity index (χ1n) is 11.6. The molecule has 0 saturated carbocycles. The number of amides is 1. The smallest absolute Gasteiger partial charge is 0.277 e. The van der Waals surface area contributed by atoms with Gasteiger partial charge in [-0.3, -0.25) is 9.59 Å². The number of para-hydroxylation sites is 2. The number of benzene rings is 2. The molecule has 0 spiro atoms. The average molecular weight is 445 g/mol. The van der Waals surface area contributed by atoms with Gasteiger partial charge in [-0.1, -0.05) is 29.5 Å². The van der Waals surface area contributed by atoms with E-state index in [1.165, 1.54) is 4.68 Å². The van der Waals surface area contributed by atoms with Crippen LogP contribution in [0.2, 0.25) is 0 Å². The number of aromatic nitrogens is 5. The molecule has 170 valence electrons. The molecule has 0 N–H and O–H groups in total. The summed E-state index contributed by atoms with van der Waals surface area (Å²) in [6.07, 6.45) is 2.17. The Morgan fingerprint density at radius 2 is 1.85 bits per heavy atom. The predicted molar refractivity (Wildman–Crippen MR) is 127 cm³/mol. The molecule has 1 fully saturated rings. The van der Waals surface area contributed by atoms with Gasteiger partial charge in [0.15, 0.2) is 0 Å². The highest BCUT2D eigenvalue weighted by Gasteiger charge is 2.29. The Balaban J connectivity index is 1.32. The molecule has 1 aliphatic heterocycles. The van der Waals surface area contributed by atoms with Crippen molar-refractivity contribution in [2.45, 2.75) is 51.6 Å². The zero-order valence-corrected chi connectivity index (χ0v) is 19.0. The van der Waals surface area contributed by atoms with Crippen molar-refractivity contribution in [3.8, 4) is 0 Å². The molecule has 1 unspecified atom stereocenters. The molecule has 0 bridgehead atoms. The molecule has 5 rings (SSSR count). The van der Waals surface area contributed by atoms with E-state index in [4.69, 9.17) is 4.98 Å². The Bertz CT molecular complexity index is 1370. The molecule has 4 aromatic rings. The standard InChI is InChI=1S/C25H28N6O2/c1-17(2)31-22-12-6-5-11-21(22)26-24(31)18-8-7-14-29(16-18)23(32)13-15-30-25(33)19-9-3-4-10-20(19)27-28-30/h3-6,9-12,17-18H,7-8,13-16H2,1-2H3. The number of hydrogen-bond acceptors (Lipinski definition) is 5. The van der Waals surface area contributed by atoms with Gasteiger partial charge in [-0.25, -0.2) is 9.67 Å². The van der Waals surface area contributed by atoms with Gasteiger partial charge in [-0.05, 0) is 51.0 Å². The fraction of sp³-hybridized carbons (Fsp3) is 0.400. The van der Waals surface area contributed by atoms with Crippen molar-refractivity contribution in [2.75, 3.05) is 13.1 Å². The minimum atomic E-state index is -0.212. The number of aryl methyl sites for hydroxylation is 1. The summed E-state index contributed by atoms with van der Waals surface area (Å²) in [6.45, 7) is 5.95. The number of rotatable bonds is 5. The largest absolute Gasteiger partial charge is 0.342 e. The Hall–Kier alpha value is -3.55. The molecule has 0 aliphatic carbocycles. The van der Waals surface area contributed by atoms with Crippen molar-refractivity contribution >= 4 is 27.8 Å². The van der Waals surface area contributed by atoms with Gasteiger partial charge in [-0.15, -0.1) is 5.10 Å². The fourth-order valence-corrected chi connectivity index (χ4v) is 4.84. The summed E-state index contributed by atoms with van der Waals surface area (Å²) in [5.74, 6) is 1.29. The van der Waals surface area contributed by atoms with Gasteiger partial charge in [0, 0.05) is 31.5 Å². The first-order chi connectivity index (χ1) is 16.0. The lowest BCUT2D eigenvalue weighted by Gasteiger charge is -2.33. The maximum Gasteiger partial charge on any atom is 0.277 e. The third-order valence-electron chi connectivity index (χ3n) is 6.45. The molecular formula is C25H28N6O2. The molecule has 1 aliphatic rings. The molecule has 33 heavy (non-hydrogen) atoms. The number of fused-ring (bicyclic) bond motifs is 2. The van der Waals surface area contributed by atoms with Crippen LogP contribution in [-0.2, 0) is 11.3 Å². The lowest BCUT2D eigenvalue weighted by molar-refractivity contribution is -0.132. The number of likely N-dealkylation sites (tertiary alicyclic amines) is 1.